The minimum absolute atomic E-state index is 0.800. The average Bonchev–Trinajstić information content (AvgIpc) is 2.38. The smallest absolute Gasteiger partial charge is 0.0506 e. The fourth-order valence-corrected chi connectivity index (χ4v) is 4.33. The molecule has 1 rings (SSSR count). The SMILES string of the molecule is [SiH3]CSC(=S)C1CCCC1. The Hall–Kier alpha value is 0.657. The van der Waals surface area contributed by atoms with Crippen LogP contribution in [-0.2, 0) is 0 Å². The van der Waals surface area contributed by atoms with Crippen LogP contribution in [0.5, 0.6) is 0 Å². The summed E-state index contributed by atoms with van der Waals surface area (Å²) in [6, 6.07) is 0. The second-order valence-electron chi connectivity index (χ2n) is 2.73. The Morgan fingerprint density at radius 1 is 1.50 bits per heavy atom. The maximum atomic E-state index is 5.30. The van der Waals surface area contributed by atoms with Crippen molar-refractivity contribution in [3.05, 3.63) is 0 Å². The van der Waals surface area contributed by atoms with Gasteiger partial charge in [0.05, 0.1) is 4.20 Å². The first kappa shape index (κ1) is 8.75. The second kappa shape index (κ2) is 4.52. The Bertz CT molecular complexity index is 119. The third kappa shape index (κ3) is 2.36. The van der Waals surface area contributed by atoms with Crippen LogP contribution in [-0.4, -0.2) is 19.8 Å². The molecule has 0 saturated heterocycles. The highest BCUT2D eigenvalue weighted by Gasteiger charge is 2.18. The molecule has 0 heterocycles. The maximum Gasteiger partial charge on any atom is 0.0506 e. The first-order chi connectivity index (χ1) is 4.84. The Labute approximate surface area is 75.6 Å². The van der Waals surface area contributed by atoms with E-state index in [0.717, 1.165) is 5.92 Å². The highest BCUT2D eigenvalue weighted by molar-refractivity contribution is 8.23. The van der Waals surface area contributed by atoms with Gasteiger partial charge in [0.15, 0.2) is 0 Å². The first-order valence-electron chi connectivity index (χ1n) is 4.01. The number of thiocarbonyl (C=S) groups is 1. The number of hydrogen-bond donors (Lipinski definition) is 0. The van der Waals surface area contributed by atoms with Gasteiger partial charge in [-0.2, -0.15) is 0 Å². The molecule has 0 nitrogen and oxygen atoms in total. The third-order valence-electron chi connectivity index (χ3n) is 1.98. The standard InChI is InChI=1S/C7H14S2Si/c8-7(9-5-10)6-3-1-2-4-6/h6H,1-5H2,10H3. The molecular formula is C7H14S2Si. The molecule has 1 aliphatic rings. The third-order valence-corrected chi connectivity index (χ3v) is 4.43. The van der Waals surface area contributed by atoms with Crippen molar-refractivity contribution in [2.45, 2.75) is 25.7 Å². The van der Waals surface area contributed by atoms with Gasteiger partial charge in [-0.25, -0.2) is 0 Å². The van der Waals surface area contributed by atoms with Crippen molar-refractivity contribution in [1.29, 1.82) is 0 Å². The van der Waals surface area contributed by atoms with Crippen LogP contribution in [0.15, 0.2) is 0 Å². The number of rotatable bonds is 2. The first-order valence-corrected chi connectivity index (χ1v) is 6.82. The van der Waals surface area contributed by atoms with Crippen LogP contribution < -0.4 is 0 Å². The van der Waals surface area contributed by atoms with Crippen LogP contribution in [0.1, 0.15) is 25.7 Å². The highest BCUT2D eigenvalue weighted by atomic mass is 32.2. The fraction of sp³-hybridized carbons (Fsp3) is 0.857. The zero-order valence-electron chi connectivity index (χ0n) is 6.43. The van der Waals surface area contributed by atoms with Gasteiger partial charge in [-0.1, -0.05) is 25.1 Å². The van der Waals surface area contributed by atoms with E-state index in [1.807, 2.05) is 11.8 Å². The quantitative estimate of drug-likeness (QED) is 0.479. The van der Waals surface area contributed by atoms with Gasteiger partial charge in [-0.05, 0) is 18.2 Å². The van der Waals surface area contributed by atoms with E-state index in [-0.39, 0.29) is 0 Å². The van der Waals surface area contributed by atoms with Crippen LogP contribution in [0.3, 0.4) is 0 Å². The van der Waals surface area contributed by atoms with Crippen LogP contribution in [0.2, 0.25) is 0 Å². The minimum atomic E-state index is 0.800. The summed E-state index contributed by atoms with van der Waals surface area (Å²) in [5.41, 5.74) is 0. The molecule has 0 aliphatic heterocycles. The molecule has 0 spiro atoms. The van der Waals surface area contributed by atoms with Gasteiger partial charge in [-0.3, -0.25) is 0 Å². The monoisotopic (exact) mass is 190 g/mol. The molecule has 0 amide bonds. The summed E-state index contributed by atoms with van der Waals surface area (Å²) in [4.78, 5) is 0. The summed E-state index contributed by atoms with van der Waals surface area (Å²) >= 11 is 7.22. The Morgan fingerprint density at radius 2 is 2.10 bits per heavy atom. The van der Waals surface area contributed by atoms with Crippen LogP contribution in [0, 0.1) is 5.92 Å². The lowest BCUT2D eigenvalue weighted by Gasteiger charge is -2.07. The zero-order valence-corrected chi connectivity index (χ0v) is 10.1. The van der Waals surface area contributed by atoms with Crippen LogP contribution in [0.25, 0.3) is 0 Å². The molecule has 0 N–H and O–H groups in total. The molecule has 0 aromatic heterocycles. The lowest BCUT2D eigenvalue weighted by Crippen LogP contribution is -2.04. The molecule has 0 aromatic rings. The summed E-state index contributed by atoms with van der Waals surface area (Å²) in [6.45, 7) is 0. The summed E-state index contributed by atoms with van der Waals surface area (Å²) < 4.78 is 1.30. The Kier molecular flexibility index (Phi) is 3.95. The molecule has 58 valence electrons. The molecule has 0 atom stereocenters. The maximum absolute atomic E-state index is 5.30. The van der Waals surface area contributed by atoms with Gasteiger partial charge in [0.25, 0.3) is 0 Å². The van der Waals surface area contributed by atoms with E-state index < -0.39 is 0 Å². The van der Waals surface area contributed by atoms with Gasteiger partial charge >= 0.3 is 0 Å². The summed E-state index contributed by atoms with van der Waals surface area (Å²) in [5, 5.41) is 1.29. The number of hydrogen-bond acceptors (Lipinski definition) is 2. The van der Waals surface area contributed by atoms with E-state index >= 15 is 0 Å². The molecular weight excluding hydrogens is 176 g/mol. The van der Waals surface area contributed by atoms with Gasteiger partial charge in [-0.15, -0.1) is 11.8 Å². The van der Waals surface area contributed by atoms with E-state index in [0.29, 0.717) is 0 Å². The van der Waals surface area contributed by atoms with Crippen molar-refractivity contribution in [2.24, 2.45) is 5.92 Å². The zero-order chi connectivity index (χ0) is 7.40. The normalized spacial score (nSPS) is 20.0. The average molecular weight is 190 g/mol. The molecule has 0 aromatic carbocycles. The molecule has 0 bridgehead atoms. The van der Waals surface area contributed by atoms with Crippen molar-refractivity contribution < 1.29 is 0 Å². The Morgan fingerprint density at radius 3 is 2.60 bits per heavy atom. The lowest BCUT2D eigenvalue weighted by molar-refractivity contribution is 0.749. The molecule has 10 heavy (non-hydrogen) atoms. The topological polar surface area (TPSA) is 0 Å². The minimum Gasteiger partial charge on any atom is -0.123 e. The van der Waals surface area contributed by atoms with Crippen molar-refractivity contribution in [1.82, 2.24) is 0 Å². The van der Waals surface area contributed by atoms with Gasteiger partial charge in [0.2, 0.25) is 0 Å². The van der Waals surface area contributed by atoms with Crippen molar-refractivity contribution in [2.75, 3.05) is 5.38 Å². The van der Waals surface area contributed by atoms with Gasteiger partial charge < -0.3 is 0 Å². The molecule has 3 heteroatoms. The van der Waals surface area contributed by atoms with Crippen LogP contribution >= 0.6 is 24.0 Å². The largest absolute Gasteiger partial charge is 0.123 e. The molecule has 0 radical (unpaired) electrons. The van der Waals surface area contributed by atoms with E-state index in [2.05, 4.69) is 0 Å². The van der Waals surface area contributed by atoms with Crippen molar-refractivity contribution in [3.63, 3.8) is 0 Å². The molecule has 0 unspecified atom stereocenters. The summed E-state index contributed by atoms with van der Waals surface area (Å²) in [6.07, 6.45) is 5.56. The number of thioether (sulfide) groups is 1. The van der Waals surface area contributed by atoms with Gasteiger partial charge in [0.1, 0.15) is 0 Å². The highest BCUT2D eigenvalue weighted by Crippen LogP contribution is 2.29. The van der Waals surface area contributed by atoms with Gasteiger partial charge in [0, 0.05) is 16.2 Å². The van der Waals surface area contributed by atoms with Crippen molar-refractivity contribution >= 4 is 38.4 Å². The van der Waals surface area contributed by atoms with E-state index in [4.69, 9.17) is 12.2 Å². The summed E-state index contributed by atoms with van der Waals surface area (Å²) in [7, 11) is 1.28. The van der Waals surface area contributed by atoms with E-state index in [1.165, 1.54) is 45.5 Å². The second-order valence-corrected chi connectivity index (χ2v) is 6.47. The molecule has 1 saturated carbocycles. The van der Waals surface area contributed by atoms with E-state index in [1.54, 1.807) is 0 Å². The van der Waals surface area contributed by atoms with Crippen molar-refractivity contribution in [3.8, 4) is 0 Å². The Balaban J connectivity index is 2.25. The molecule has 1 fully saturated rings. The van der Waals surface area contributed by atoms with E-state index in [9.17, 15) is 0 Å². The lowest BCUT2D eigenvalue weighted by atomic mass is 10.1. The van der Waals surface area contributed by atoms with Crippen LogP contribution in [0.4, 0.5) is 0 Å². The predicted octanol–water partition coefficient (Wildman–Crippen LogP) is 1.56. The summed E-state index contributed by atoms with van der Waals surface area (Å²) in [5.74, 6) is 0.800. The fourth-order valence-electron chi connectivity index (χ4n) is 1.42. The predicted molar refractivity (Wildman–Crippen MR) is 57.0 cm³/mol. The molecule has 1 aliphatic carbocycles.